The number of aryl methyl sites for hydroxylation is 1. The third kappa shape index (κ3) is 4.30. The van der Waals surface area contributed by atoms with Gasteiger partial charge in [-0.3, -0.25) is 4.90 Å². The summed E-state index contributed by atoms with van der Waals surface area (Å²) in [6, 6.07) is 18.8. The van der Waals surface area contributed by atoms with Gasteiger partial charge in [0.15, 0.2) is 0 Å². The van der Waals surface area contributed by atoms with Crippen LogP contribution in [-0.4, -0.2) is 42.9 Å². The second kappa shape index (κ2) is 8.13. The molecule has 1 fully saturated rings. The molecule has 1 heterocycles. The van der Waals surface area contributed by atoms with Crippen LogP contribution in [0, 0.1) is 0 Å². The lowest BCUT2D eigenvalue weighted by Crippen LogP contribution is -2.43. The normalized spacial score (nSPS) is 19.3. The van der Waals surface area contributed by atoms with Crippen molar-refractivity contribution < 1.29 is 9.84 Å². The fourth-order valence-corrected chi connectivity index (χ4v) is 3.61. The Bertz CT molecular complexity index is 645. The highest BCUT2D eigenvalue weighted by atomic mass is 16.5. The highest BCUT2D eigenvalue weighted by Gasteiger charge is 2.36. The third-order valence-electron chi connectivity index (χ3n) is 5.37. The maximum Gasteiger partial charge on any atom is 0.0949 e. The minimum Gasteiger partial charge on any atom is -0.385 e. The molecule has 0 aromatic heterocycles. The molecular formula is C22H29NO2. The van der Waals surface area contributed by atoms with Crippen LogP contribution < -0.4 is 0 Å². The molecule has 134 valence electrons. The van der Waals surface area contributed by atoms with Gasteiger partial charge in [-0.1, -0.05) is 61.5 Å². The fraction of sp³-hybridized carbons (Fsp3) is 0.455. The Morgan fingerprint density at radius 3 is 2.28 bits per heavy atom. The fourth-order valence-electron chi connectivity index (χ4n) is 3.61. The van der Waals surface area contributed by atoms with Crippen LogP contribution in [0.15, 0.2) is 54.6 Å². The zero-order chi connectivity index (χ0) is 17.7. The summed E-state index contributed by atoms with van der Waals surface area (Å²) in [6.45, 7) is 8.33. The summed E-state index contributed by atoms with van der Waals surface area (Å²) in [5.74, 6) is 0.0132. The van der Waals surface area contributed by atoms with Gasteiger partial charge in [0.2, 0.25) is 0 Å². The molecule has 1 aliphatic heterocycles. The smallest absolute Gasteiger partial charge is 0.0949 e. The van der Waals surface area contributed by atoms with Crippen molar-refractivity contribution in [3.05, 3.63) is 71.3 Å². The van der Waals surface area contributed by atoms with Crippen molar-refractivity contribution >= 4 is 0 Å². The first-order chi connectivity index (χ1) is 12.1. The Morgan fingerprint density at radius 1 is 1.04 bits per heavy atom. The van der Waals surface area contributed by atoms with Crippen molar-refractivity contribution in [1.29, 1.82) is 0 Å². The summed E-state index contributed by atoms with van der Waals surface area (Å²) in [5, 5.41) is 11.5. The standard InChI is InChI=1S/C22H29NO2/c1-3-18-9-11-20(12-10-18)22(2,24)21(19-7-5-4-6-8-19)17-23-13-15-25-16-14-23/h4-12,21,24H,3,13-17H2,1-2H3/t21-,22-/m1/s1. The van der Waals surface area contributed by atoms with E-state index in [4.69, 9.17) is 4.74 Å². The predicted molar refractivity (Wildman–Crippen MR) is 102 cm³/mol. The summed E-state index contributed by atoms with van der Waals surface area (Å²) >= 11 is 0. The quantitative estimate of drug-likeness (QED) is 0.873. The van der Waals surface area contributed by atoms with Crippen molar-refractivity contribution in [3.8, 4) is 0 Å². The molecule has 1 N–H and O–H groups in total. The van der Waals surface area contributed by atoms with Gasteiger partial charge in [-0.25, -0.2) is 0 Å². The van der Waals surface area contributed by atoms with E-state index in [2.05, 4.69) is 60.4 Å². The highest BCUT2D eigenvalue weighted by molar-refractivity contribution is 5.33. The van der Waals surface area contributed by atoms with E-state index >= 15 is 0 Å². The van der Waals surface area contributed by atoms with Crippen molar-refractivity contribution in [2.45, 2.75) is 31.8 Å². The number of hydrogen-bond donors (Lipinski definition) is 1. The topological polar surface area (TPSA) is 32.7 Å². The van der Waals surface area contributed by atoms with Gasteiger partial charge in [0.1, 0.15) is 0 Å². The molecule has 0 unspecified atom stereocenters. The Kier molecular flexibility index (Phi) is 5.89. The predicted octanol–water partition coefficient (Wildman–Crippen LogP) is 3.57. The number of benzene rings is 2. The first-order valence-electron chi connectivity index (χ1n) is 9.28. The lowest BCUT2D eigenvalue weighted by molar-refractivity contribution is -0.0107. The van der Waals surface area contributed by atoms with Gasteiger partial charge in [-0.2, -0.15) is 0 Å². The SMILES string of the molecule is CCc1ccc([C@@](C)(O)[C@H](CN2CCOCC2)c2ccccc2)cc1. The Hall–Kier alpha value is -1.68. The summed E-state index contributed by atoms with van der Waals surface area (Å²) < 4.78 is 5.48. The van der Waals surface area contributed by atoms with E-state index in [1.807, 2.05) is 13.0 Å². The molecular weight excluding hydrogens is 310 g/mol. The summed E-state index contributed by atoms with van der Waals surface area (Å²) in [6.07, 6.45) is 1.01. The van der Waals surface area contributed by atoms with Gasteiger partial charge >= 0.3 is 0 Å². The van der Waals surface area contributed by atoms with Gasteiger partial charge in [0, 0.05) is 25.6 Å². The number of aliphatic hydroxyl groups is 1. The number of hydrogen-bond acceptors (Lipinski definition) is 3. The molecule has 1 aliphatic rings. The molecule has 0 radical (unpaired) electrons. The van der Waals surface area contributed by atoms with E-state index in [1.54, 1.807) is 0 Å². The van der Waals surface area contributed by atoms with Crippen LogP contribution in [-0.2, 0) is 16.8 Å². The van der Waals surface area contributed by atoms with E-state index in [0.717, 1.165) is 44.8 Å². The second-order valence-electron chi connectivity index (χ2n) is 7.07. The molecule has 0 amide bonds. The first kappa shape index (κ1) is 18.1. The highest BCUT2D eigenvalue weighted by Crippen LogP contribution is 2.37. The molecule has 0 aliphatic carbocycles. The van der Waals surface area contributed by atoms with Gasteiger partial charge < -0.3 is 9.84 Å². The first-order valence-corrected chi connectivity index (χ1v) is 9.28. The van der Waals surface area contributed by atoms with E-state index < -0.39 is 5.60 Å². The minimum absolute atomic E-state index is 0.0132. The molecule has 3 heteroatoms. The lowest BCUT2D eigenvalue weighted by atomic mass is 9.78. The molecule has 0 saturated carbocycles. The second-order valence-corrected chi connectivity index (χ2v) is 7.07. The van der Waals surface area contributed by atoms with Crippen molar-refractivity contribution in [1.82, 2.24) is 4.90 Å². The Balaban J connectivity index is 1.90. The van der Waals surface area contributed by atoms with Crippen molar-refractivity contribution in [3.63, 3.8) is 0 Å². The van der Waals surface area contributed by atoms with Crippen LogP contribution >= 0.6 is 0 Å². The molecule has 2 aromatic rings. The average molecular weight is 339 g/mol. The average Bonchev–Trinajstić information content (AvgIpc) is 2.67. The van der Waals surface area contributed by atoms with E-state index in [0.29, 0.717) is 0 Å². The maximum absolute atomic E-state index is 11.5. The van der Waals surface area contributed by atoms with Crippen LogP contribution in [0.2, 0.25) is 0 Å². The summed E-state index contributed by atoms with van der Waals surface area (Å²) in [5.41, 5.74) is 2.53. The lowest BCUT2D eigenvalue weighted by Gasteiger charge is -2.38. The molecule has 1 saturated heterocycles. The van der Waals surface area contributed by atoms with E-state index in [1.165, 1.54) is 11.1 Å². The minimum atomic E-state index is -0.925. The van der Waals surface area contributed by atoms with Gasteiger partial charge in [0.25, 0.3) is 0 Å². The van der Waals surface area contributed by atoms with Gasteiger partial charge in [-0.05, 0) is 30.0 Å². The molecule has 3 nitrogen and oxygen atoms in total. The molecule has 3 rings (SSSR count). The van der Waals surface area contributed by atoms with Crippen LogP contribution in [0.4, 0.5) is 0 Å². The number of morpholine rings is 1. The Labute approximate surface area is 151 Å². The summed E-state index contributed by atoms with van der Waals surface area (Å²) in [4.78, 5) is 2.40. The molecule has 2 atom stereocenters. The number of ether oxygens (including phenoxy) is 1. The van der Waals surface area contributed by atoms with E-state index in [-0.39, 0.29) is 5.92 Å². The zero-order valence-corrected chi connectivity index (χ0v) is 15.3. The maximum atomic E-state index is 11.5. The van der Waals surface area contributed by atoms with Crippen LogP contribution in [0.25, 0.3) is 0 Å². The molecule has 0 spiro atoms. The molecule has 25 heavy (non-hydrogen) atoms. The summed E-state index contributed by atoms with van der Waals surface area (Å²) in [7, 11) is 0. The Morgan fingerprint density at radius 2 is 1.68 bits per heavy atom. The van der Waals surface area contributed by atoms with Gasteiger partial charge in [-0.15, -0.1) is 0 Å². The van der Waals surface area contributed by atoms with Crippen molar-refractivity contribution in [2.24, 2.45) is 0 Å². The third-order valence-corrected chi connectivity index (χ3v) is 5.37. The molecule has 2 aromatic carbocycles. The number of nitrogens with zero attached hydrogens (tertiary/aromatic N) is 1. The van der Waals surface area contributed by atoms with Gasteiger partial charge in [0.05, 0.1) is 18.8 Å². The van der Waals surface area contributed by atoms with Crippen molar-refractivity contribution in [2.75, 3.05) is 32.8 Å². The zero-order valence-electron chi connectivity index (χ0n) is 15.3. The number of rotatable bonds is 6. The van der Waals surface area contributed by atoms with Crippen LogP contribution in [0.3, 0.4) is 0 Å². The largest absolute Gasteiger partial charge is 0.385 e. The van der Waals surface area contributed by atoms with E-state index in [9.17, 15) is 5.11 Å². The monoisotopic (exact) mass is 339 g/mol. The van der Waals surface area contributed by atoms with Crippen LogP contribution in [0.5, 0.6) is 0 Å². The molecule has 0 bridgehead atoms. The van der Waals surface area contributed by atoms with Crippen LogP contribution in [0.1, 0.15) is 36.5 Å².